The molecule has 1 heterocycles. The van der Waals surface area contributed by atoms with Gasteiger partial charge in [0.25, 0.3) is 0 Å². The van der Waals surface area contributed by atoms with Gasteiger partial charge in [-0.15, -0.1) is 0 Å². The predicted octanol–water partition coefficient (Wildman–Crippen LogP) is 4.21. The Morgan fingerprint density at radius 2 is 1.79 bits per heavy atom. The first-order valence-corrected chi connectivity index (χ1v) is 6.08. The first kappa shape index (κ1) is 12.1. The molecule has 96 valence electrons. The minimum Gasteiger partial charge on any atom is -0.508 e. The molecule has 0 saturated heterocycles. The number of phenolic OH excluding ortho intramolecular Hbond substituents is 2. The summed E-state index contributed by atoms with van der Waals surface area (Å²) in [5, 5.41) is 19.3. The summed E-state index contributed by atoms with van der Waals surface area (Å²) >= 11 is 11.8. The Labute approximate surface area is 117 Å². The maximum atomic E-state index is 9.45. The first-order valence-electron chi connectivity index (χ1n) is 5.32. The van der Waals surface area contributed by atoms with Gasteiger partial charge >= 0.3 is 0 Å². The molecule has 19 heavy (non-hydrogen) atoms. The predicted molar refractivity (Wildman–Crippen MR) is 72.8 cm³/mol. The number of rotatable bonds is 1. The van der Waals surface area contributed by atoms with Gasteiger partial charge in [-0.2, -0.15) is 0 Å². The number of oxazole rings is 1. The fourth-order valence-corrected chi connectivity index (χ4v) is 2.17. The number of nitrogens with zero attached hydrogens (tertiary/aromatic N) is 1. The zero-order valence-corrected chi connectivity index (χ0v) is 10.9. The molecule has 2 N–H and O–H groups in total. The highest BCUT2D eigenvalue weighted by Gasteiger charge is 2.13. The van der Waals surface area contributed by atoms with Crippen molar-refractivity contribution in [2.75, 3.05) is 0 Å². The Morgan fingerprint density at radius 1 is 1.00 bits per heavy atom. The van der Waals surface area contributed by atoms with Crippen LogP contribution in [0.1, 0.15) is 0 Å². The summed E-state index contributed by atoms with van der Waals surface area (Å²) in [6.07, 6.45) is 0. The lowest BCUT2D eigenvalue weighted by atomic mass is 10.2. The van der Waals surface area contributed by atoms with Gasteiger partial charge < -0.3 is 14.6 Å². The lowest BCUT2D eigenvalue weighted by Gasteiger charge is -1.98. The number of benzene rings is 2. The molecule has 4 nitrogen and oxygen atoms in total. The van der Waals surface area contributed by atoms with Gasteiger partial charge in [0.05, 0.1) is 10.0 Å². The molecule has 6 heteroatoms. The first-order chi connectivity index (χ1) is 9.04. The van der Waals surface area contributed by atoms with Gasteiger partial charge in [-0.05, 0) is 18.2 Å². The number of fused-ring (bicyclic) bond motifs is 1. The van der Waals surface area contributed by atoms with Gasteiger partial charge in [0.15, 0.2) is 5.58 Å². The number of aromatic nitrogens is 1. The highest BCUT2D eigenvalue weighted by atomic mass is 35.5. The molecule has 0 radical (unpaired) electrons. The third kappa shape index (κ3) is 2.09. The van der Waals surface area contributed by atoms with E-state index >= 15 is 0 Å². The van der Waals surface area contributed by atoms with Gasteiger partial charge in [-0.3, -0.25) is 0 Å². The number of hydrogen-bond acceptors (Lipinski definition) is 4. The topological polar surface area (TPSA) is 66.5 Å². The Bertz CT molecular complexity index is 783. The van der Waals surface area contributed by atoms with Crippen molar-refractivity contribution < 1.29 is 14.6 Å². The van der Waals surface area contributed by atoms with Crippen molar-refractivity contribution in [2.24, 2.45) is 0 Å². The monoisotopic (exact) mass is 295 g/mol. The zero-order valence-electron chi connectivity index (χ0n) is 9.39. The van der Waals surface area contributed by atoms with Crippen molar-refractivity contribution in [2.45, 2.75) is 0 Å². The van der Waals surface area contributed by atoms with Crippen molar-refractivity contribution in [1.82, 2.24) is 4.98 Å². The molecule has 3 aromatic rings. The molecule has 0 aliphatic heterocycles. The summed E-state index contributed by atoms with van der Waals surface area (Å²) in [6.45, 7) is 0. The van der Waals surface area contributed by atoms with E-state index in [0.717, 1.165) is 0 Å². The number of aromatic hydroxyl groups is 2. The van der Waals surface area contributed by atoms with E-state index < -0.39 is 0 Å². The van der Waals surface area contributed by atoms with E-state index in [0.29, 0.717) is 22.6 Å². The zero-order chi connectivity index (χ0) is 13.6. The Morgan fingerprint density at radius 3 is 2.53 bits per heavy atom. The van der Waals surface area contributed by atoms with Gasteiger partial charge in [0, 0.05) is 17.7 Å². The molecule has 0 amide bonds. The molecule has 0 fully saturated rings. The molecular weight excluding hydrogens is 289 g/mol. The van der Waals surface area contributed by atoms with Crippen LogP contribution in [0.25, 0.3) is 22.6 Å². The molecule has 2 aromatic carbocycles. The minimum atomic E-state index is -0.0165. The molecular formula is C13H7Cl2NO3. The van der Waals surface area contributed by atoms with E-state index in [4.69, 9.17) is 27.6 Å². The van der Waals surface area contributed by atoms with Crippen LogP contribution in [-0.4, -0.2) is 15.2 Å². The molecule has 0 bridgehead atoms. The average Bonchev–Trinajstić information content (AvgIpc) is 2.76. The lowest BCUT2D eigenvalue weighted by molar-refractivity contribution is 0.475. The van der Waals surface area contributed by atoms with Crippen LogP contribution in [0.15, 0.2) is 34.7 Å². The van der Waals surface area contributed by atoms with E-state index in [1.165, 1.54) is 24.3 Å². The molecule has 3 rings (SSSR count). The summed E-state index contributed by atoms with van der Waals surface area (Å²) in [5.41, 5.74) is 1.44. The molecule has 0 aliphatic rings. The van der Waals surface area contributed by atoms with Crippen molar-refractivity contribution in [3.63, 3.8) is 0 Å². The summed E-state index contributed by atoms with van der Waals surface area (Å²) in [4.78, 5) is 4.22. The Balaban J connectivity index is 2.20. The van der Waals surface area contributed by atoms with Crippen LogP contribution < -0.4 is 0 Å². The summed E-state index contributed by atoms with van der Waals surface area (Å²) in [6, 6.07) is 7.44. The molecule has 0 unspecified atom stereocenters. The lowest BCUT2D eigenvalue weighted by Crippen LogP contribution is -1.77. The standard InChI is InChI=1S/C13H7Cl2NO3/c14-8-3-6(1-2-11(8)18)13-16-10-5-7(17)4-9(15)12(10)19-13/h1-5,17-18H. The van der Waals surface area contributed by atoms with Gasteiger partial charge in [0.2, 0.25) is 5.89 Å². The number of halogens is 2. The van der Waals surface area contributed by atoms with Crippen LogP contribution >= 0.6 is 23.2 Å². The number of hydrogen-bond donors (Lipinski definition) is 2. The van der Waals surface area contributed by atoms with Crippen molar-refractivity contribution in [1.29, 1.82) is 0 Å². The molecule has 1 aromatic heterocycles. The summed E-state index contributed by atoms with van der Waals surface area (Å²) < 4.78 is 5.54. The Hall–Kier alpha value is -1.91. The smallest absolute Gasteiger partial charge is 0.227 e. The third-order valence-corrected chi connectivity index (χ3v) is 3.21. The Kier molecular flexibility index (Phi) is 2.77. The molecule has 0 spiro atoms. The SMILES string of the molecule is Oc1cc(Cl)c2oc(-c3ccc(O)c(Cl)c3)nc2c1. The molecule has 0 aliphatic carbocycles. The van der Waals surface area contributed by atoms with Crippen molar-refractivity contribution >= 4 is 34.3 Å². The second kappa shape index (κ2) is 4.33. The highest BCUT2D eigenvalue weighted by Crippen LogP contribution is 2.34. The van der Waals surface area contributed by atoms with Crippen LogP contribution in [0, 0.1) is 0 Å². The van der Waals surface area contributed by atoms with E-state index in [1.54, 1.807) is 6.07 Å². The van der Waals surface area contributed by atoms with Gasteiger partial charge in [0.1, 0.15) is 17.0 Å². The van der Waals surface area contributed by atoms with Crippen LogP contribution in [0.3, 0.4) is 0 Å². The van der Waals surface area contributed by atoms with E-state index in [1.807, 2.05) is 0 Å². The third-order valence-electron chi connectivity index (χ3n) is 2.62. The average molecular weight is 296 g/mol. The quantitative estimate of drug-likeness (QED) is 0.705. The number of phenols is 2. The summed E-state index contributed by atoms with van der Waals surface area (Å²) in [5.74, 6) is 0.308. The molecule has 0 saturated carbocycles. The van der Waals surface area contributed by atoms with Gasteiger partial charge in [-0.25, -0.2) is 4.98 Å². The second-order valence-electron chi connectivity index (χ2n) is 3.96. The normalized spacial score (nSPS) is 11.1. The van der Waals surface area contributed by atoms with E-state index in [-0.39, 0.29) is 21.5 Å². The largest absolute Gasteiger partial charge is 0.508 e. The molecule has 0 atom stereocenters. The van der Waals surface area contributed by atoms with Gasteiger partial charge in [-0.1, -0.05) is 23.2 Å². The maximum absolute atomic E-state index is 9.45. The van der Waals surface area contributed by atoms with Crippen LogP contribution in [0.4, 0.5) is 0 Å². The van der Waals surface area contributed by atoms with Crippen molar-refractivity contribution in [3.8, 4) is 23.0 Å². The minimum absolute atomic E-state index is 0.0149. The van der Waals surface area contributed by atoms with Crippen molar-refractivity contribution in [3.05, 3.63) is 40.4 Å². The fourth-order valence-electron chi connectivity index (χ4n) is 1.74. The second-order valence-corrected chi connectivity index (χ2v) is 4.78. The fraction of sp³-hybridized carbons (Fsp3) is 0. The maximum Gasteiger partial charge on any atom is 0.227 e. The van der Waals surface area contributed by atoms with Crippen LogP contribution in [0.2, 0.25) is 10.0 Å². The summed E-state index contributed by atoms with van der Waals surface area (Å²) in [7, 11) is 0. The van der Waals surface area contributed by atoms with Crippen LogP contribution in [-0.2, 0) is 0 Å². The van der Waals surface area contributed by atoms with E-state index in [9.17, 15) is 10.2 Å². The highest BCUT2D eigenvalue weighted by molar-refractivity contribution is 6.35. The van der Waals surface area contributed by atoms with E-state index in [2.05, 4.69) is 4.98 Å². The van der Waals surface area contributed by atoms with Crippen LogP contribution in [0.5, 0.6) is 11.5 Å².